The van der Waals surface area contributed by atoms with Crippen molar-refractivity contribution in [2.75, 3.05) is 11.9 Å². The van der Waals surface area contributed by atoms with Crippen LogP contribution in [-0.2, 0) is 6.18 Å². The van der Waals surface area contributed by atoms with Gasteiger partial charge in [-0.1, -0.05) is 12.1 Å². The van der Waals surface area contributed by atoms with Gasteiger partial charge in [0.25, 0.3) is 0 Å². The van der Waals surface area contributed by atoms with E-state index in [9.17, 15) is 18.3 Å². The number of anilines is 1. The Morgan fingerprint density at radius 2 is 1.84 bits per heavy atom. The molecule has 0 aliphatic rings. The molecule has 1 heterocycles. The fourth-order valence-electron chi connectivity index (χ4n) is 1.59. The van der Waals surface area contributed by atoms with Crippen molar-refractivity contribution in [3.05, 3.63) is 52.2 Å². The Morgan fingerprint density at radius 3 is 2.37 bits per heavy atom. The van der Waals surface area contributed by atoms with Gasteiger partial charge in [0.05, 0.1) is 11.7 Å². The van der Waals surface area contributed by atoms with E-state index in [1.54, 1.807) is 0 Å². The van der Waals surface area contributed by atoms with Crippen molar-refractivity contribution in [1.29, 1.82) is 0 Å². The van der Waals surface area contributed by atoms with Crippen molar-refractivity contribution in [2.45, 2.75) is 12.3 Å². The molecule has 0 amide bonds. The molecule has 6 heteroatoms. The SMILES string of the molecule is OC(CNc1ccsc1)c1ccc(C(F)(F)F)cc1. The molecular formula is C13H12F3NOS. The number of benzene rings is 1. The Balaban J connectivity index is 1.97. The molecule has 2 aromatic rings. The van der Waals surface area contributed by atoms with Gasteiger partial charge in [0.15, 0.2) is 0 Å². The second-order valence-electron chi connectivity index (χ2n) is 4.03. The number of hydrogen-bond acceptors (Lipinski definition) is 3. The number of alkyl halides is 3. The van der Waals surface area contributed by atoms with Crippen LogP contribution in [0.2, 0.25) is 0 Å². The van der Waals surface area contributed by atoms with E-state index in [2.05, 4.69) is 5.32 Å². The van der Waals surface area contributed by atoms with Crippen molar-refractivity contribution in [3.63, 3.8) is 0 Å². The maximum absolute atomic E-state index is 12.4. The molecule has 1 aromatic carbocycles. The molecule has 0 saturated heterocycles. The van der Waals surface area contributed by atoms with E-state index >= 15 is 0 Å². The molecule has 1 atom stereocenters. The van der Waals surface area contributed by atoms with Crippen LogP contribution in [0.3, 0.4) is 0 Å². The van der Waals surface area contributed by atoms with E-state index in [0.717, 1.165) is 17.8 Å². The van der Waals surface area contributed by atoms with Crippen LogP contribution in [0.1, 0.15) is 17.2 Å². The molecule has 0 spiro atoms. The number of aliphatic hydroxyl groups excluding tert-OH is 1. The summed E-state index contributed by atoms with van der Waals surface area (Å²) in [5, 5.41) is 16.7. The van der Waals surface area contributed by atoms with Crippen LogP contribution >= 0.6 is 11.3 Å². The molecule has 1 aromatic heterocycles. The maximum Gasteiger partial charge on any atom is 0.416 e. The van der Waals surface area contributed by atoms with Gasteiger partial charge in [-0.25, -0.2) is 0 Å². The Bertz CT molecular complexity index is 508. The van der Waals surface area contributed by atoms with E-state index in [1.165, 1.54) is 23.5 Å². The number of hydrogen-bond donors (Lipinski definition) is 2. The van der Waals surface area contributed by atoms with Crippen LogP contribution in [0.4, 0.5) is 18.9 Å². The minimum absolute atomic E-state index is 0.252. The summed E-state index contributed by atoms with van der Waals surface area (Å²) in [7, 11) is 0. The normalized spacial score (nSPS) is 13.3. The summed E-state index contributed by atoms with van der Waals surface area (Å²) in [6.07, 6.45) is -5.19. The minimum Gasteiger partial charge on any atom is -0.387 e. The third-order valence-corrected chi connectivity index (χ3v) is 3.33. The summed E-state index contributed by atoms with van der Waals surface area (Å²) >= 11 is 1.52. The van der Waals surface area contributed by atoms with Gasteiger partial charge < -0.3 is 10.4 Å². The highest BCUT2D eigenvalue weighted by molar-refractivity contribution is 7.08. The second-order valence-corrected chi connectivity index (χ2v) is 4.81. The molecule has 102 valence electrons. The Hall–Kier alpha value is -1.53. The molecule has 1 unspecified atom stereocenters. The van der Waals surface area contributed by atoms with Gasteiger partial charge in [0.2, 0.25) is 0 Å². The van der Waals surface area contributed by atoms with Crippen LogP contribution in [-0.4, -0.2) is 11.7 Å². The van der Waals surface area contributed by atoms with Crippen molar-refractivity contribution in [3.8, 4) is 0 Å². The summed E-state index contributed by atoms with van der Waals surface area (Å²) in [4.78, 5) is 0. The van der Waals surface area contributed by atoms with E-state index < -0.39 is 17.8 Å². The first-order chi connectivity index (χ1) is 8.97. The second kappa shape index (κ2) is 5.63. The smallest absolute Gasteiger partial charge is 0.387 e. The number of halogens is 3. The Kier molecular flexibility index (Phi) is 4.11. The van der Waals surface area contributed by atoms with Crippen molar-refractivity contribution in [1.82, 2.24) is 0 Å². The predicted molar refractivity (Wildman–Crippen MR) is 69.2 cm³/mol. The van der Waals surface area contributed by atoms with Gasteiger partial charge in [-0.2, -0.15) is 24.5 Å². The zero-order chi connectivity index (χ0) is 13.9. The van der Waals surface area contributed by atoms with Crippen LogP contribution in [0.5, 0.6) is 0 Å². The third kappa shape index (κ3) is 3.71. The van der Waals surface area contributed by atoms with Crippen molar-refractivity contribution < 1.29 is 18.3 Å². The first-order valence-electron chi connectivity index (χ1n) is 5.58. The van der Waals surface area contributed by atoms with E-state index in [0.29, 0.717) is 5.56 Å². The largest absolute Gasteiger partial charge is 0.416 e. The molecule has 0 fully saturated rings. The summed E-state index contributed by atoms with van der Waals surface area (Å²) in [5.41, 5.74) is 0.626. The average Bonchev–Trinajstić information content (AvgIpc) is 2.88. The van der Waals surface area contributed by atoms with Gasteiger partial charge in [0, 0.05) is 17.6 Å². The zero-order valence-electron chi connectivity index (χ0n) is 9.82. The van der Waals surface area contributed by atoms with Crippen LogP contribution in [0.15, 0.2) is 41.1 Å². The van der Waals surface area contributed by atoms with E-state index in [1.807, 2.05) is 16.8 Å². The summed E-state index contributed by atoms with van der Waals surface area (Å²) in [5.74, 6) is 0. The molecule has 0 saturated carbocycles. The average molecular weight is 287 g/mol. The lowest BCUT2D eigenvalue weighted by Crippen LogP contribution is -2.12. The molecule has 2 rings (SSSR count). The molecule has 2 N–H and O–H groups in total. The maximum atomic E-state index is 12.4. The molecule has 0 aliphatic carbocycles. The quantitative estimate of drug-likeness (QED) is 0.893. The zero-order valence-corrected chi connectivity index (χ0v) is 10.6. The van der Waals surface area contributed by atoms with Crippen LogP contribution < -0.4 is 5.32 Å². The summed E-state index contributed by atoms with van der Waals surface area (Å²) in [6.45, 7) is 0.252. The highest BCUT2D eigenvalue weighted by atomic mass is 32.1. The fourth-order valence-corrected chi connectivity index (χ4v) is 2.20. The standard InChI is InChI=1S/C13H12F3NOS/c14-13(15,16)10-3-1-9(2-4-10)12(18)7-17-11-5-6-19-8-11/h1-6,8,12,17-18H,7H2. The van der Waals surface area contributed by atoms with Gasteiger partial charge in [-0.15, -0.1) is 0 Å². The molecule has 0 radical (unpaired) electrons. The summed E-state index contributed by atoms with van der Waals surface area (Å²) in [6, 6.07) is 6.40. The number of rotatable bonds is 4. The first-order valence-corrected chi connectivity index (χ1v) is 6.52. The topological polar surface area (TPSA) is 32.3 Å². The van der Waals surface area contributed by atoms with E-state index in [4.69, 9.17) is 0 Å². The number of aliphatic hydroxyl groups is 1. The Labute approximate surface area is 112 Å². The van der Waals surface area contributed by atoms with E-state index in [-0.39, 0.29) is 6.54 Å². The molecular weight excluding hydrogens is 275 g/mol. The lowest BCUT2D eigenvalue weighted by molar-refractivity contribution is -0.137. The molecule has 19 heavy (non-hydrogen) atoms. The van der Waals surface area contributed by atoms with Gasteiger partial charge in [0.1, 0.15) is 0 Å². The molecule has 2 nitrogen and oxygen atoms in total. The third-order valence-electron chi connectivity index (χ3n) is 2.64. The monoisotopic (exact) mass is 287 g/mol. The lowest BCUT2D eigenvalue weighted by Gasteiger charge is -2.13. The fraction of sp³-hybridized carbons (Fsp3) is 0.231. The molecule has 0 aliphatic heterocycles. The van der Waals surface area contributed by atoms with Gasteiger partial charge in [-0.05, 0) is 29.1 Å². The van der Waals surface area contributed by atoms with Crippen molar-refractivity contribution >= 4 is 17.0 Å². The van der Waals surface area contributed by atoms with Crippen LogP contribution in [0, 0.1) is 0 Å². The highest BCUT2D eigenvalue weighted by Crippen LogP contribution is 2.30. The minimum atomic E-state index is -4.35. The number of thiophene rings is 1. The predicted octanol–water partition coefficient (Wildman–Crippen LogP) is 3.91. The van der Waals surface area contributed by atoms with Gasteiger partial charge >= 0.3 is 6.18 Å². The van der Waals surface area contributed by atoms with Crippen molar-refractivity contribution in [2.24, 2.45) is 0 Å². The molecule has 0 bridgehead atoms. The first kappa shape index (κ1) is 13.9. The lowest BCUT2D eigenvalue weighted by atomic mass is 10.1. The van der Waals surface area contributed by atoms with Crippen LogP contribution in [0.25, 0.3) is 0 Å². The highest BCUT2D eigenvalue weighted by Gasteiger charge is 2.30. The number of nitrogens with one attached hydrogen (secondary N) is 1. The van der Waals surface area contributed by atoms with Gasteiger partial charge in [-0.3, -0.25) is 0 Å². The summed E-state index contributed by atoms with van der Waals surface area (Å²) < 4.78 is 37.1. The Morgan fingerprint density at radius 1 is 1.16 bits per heavy atom.